The summed E-state index contributed by atoms with van der Waals surface area (Å²) in [6.45, 7) is 6.54. The van der Waals surface area contributed by atoms with E-state index in [9.17, 15) is 18.0 Å². The van der Waals surface area contributed by atoms with Gasteiger partial charge in [0.1, 0.15) is 13.2 Å². The highest BCUT2D eigenvalue weighted by molar-refractivity contribution is 7.89. The van der Waals surface area contributed by atoms with E-state index in [1.54, 1.807) is 6.07 Å². The molecule has 11 nitrogen and oxygen atoms in total. The Balaban J connectivity index is 1.35. The highest BCUT2D eigenvalue weighted by Gasteiger charge is 2.31. The van der Waals surface area contributed by atoms with Crippen molar-refractivity contribution in [2.75, 3.05) is 32.8 Å². The maximum atomic E-state index is 13.6. The molecule has 3 heterocycles. The van der Waals surface area contributed by atoms with Gasteiger partial charge in [-0.25, -0.2) is 8.42 Å². The Kier molecular flexibility index (Phi) is 8.65. The summed E-state index contributed by atoms with van der Waals surface area (Å²) >= 11 is 0. The van der Waals surface area contributed by atoms with Crippen molar-refractivity contribution >= 4 is 21.8 Å². The molecule has 1 aromatic carbocycles. The van der Waals surface area contributed by atoms with E-state index >= 15 is 0 Å². The molecule has 218 valence electrons. The number of fused-ring (bicyclic) bond motifs is 2. The first-order valence-corrected chi connectivity index (χ1v) is 15.7. The van der Waals surface area contributed by atoms with Crippen molar-refractivity contribution in [3.05, 3.63) is 35.2 Å². The molecular weight excluding hydrogens is 534 g/mol. The van der Waals surface area contributed by atoms with Gasteiger partial charge in [0, 0.05) is 56.0 Å². The van der Waals surface area contributed by atoms with Gasteiger partial charge in [0.25, 0.3) is 5.91 Å². The molecule has 2 amide bonds. The van der Waals surface area contributed by atoms with Crippen LogP contribution in [0.3, 0.4) is 0 Å². The molecule has 5 rings (SSSR count). The van der Waals surface area contributed by atoms with Crippen molar-refractivity contribution < 1.29 is 27.5 Å². The molecule has 0 spiro atoms. The summed E-state index contributed by atoms with van der Waals surface area (Å²) in [4.78, 5) is 26.2. The third kappa shape index (κ3) is 6.27. The van der Waals surface area contributed by atoms with Gasteiger partial charge >= 0.3 is 0 Å². The van der Waals surface area contributed by atoms with Gasteiger partial charge < -0.3 is 20.1 Å². The van der Waals surface area contributed by atoms with E-state index in [1.807, 2.05) is 4.68 Å². The highest BCUT2D eigenvalue weighted by Crippen LogP contribution is 2.33. The number of nitrogens with one attached hydrogen (secondary N) is 2. The molecule has 2 bridgehead atoms. The Morgan fingerprint density at radius 3 is 2.65 bits per heavy atom. The molecule has 0 fully saturated rings. The minimum atomic E-state index is -3.87. The van der Waals surface area contributed by atoms with E-state index in [0.29, 0.717) is 62.1 Å². The van der Waals surface area contributed by atoms with E-state index in [1.165, 1.54) is 16.4 Å². The molecular formula is C28H39N5O6S. The summed E-state index contributed by atoms with van der Waals surface area (Å²) in [7, 11) is -3.87. The fourth-order valence-electron chi connectivity index (χ4n) is 5.50. The molecule has 12 heteroatoms. The number of sulfonamides is 1. The van der Waals surface area contributed by atoms with Crippen molar-refractivity contribution in [3.8, 4) is 11.5 Å². The first-order valence-electron chi connectivity index (χ1n) is 14.3. The van der Waals surface area contributed by atoms with Gasteiger partial charge in [-0.2, -0.15) is 9.40 Å². The van der Waals surface area contributed by atoms with Gasteiger partial charge in [-0.15, -0.1) is 0 Å². The van der Waals surface area contributed by atoms with Crippen molar-refractivity contribution in [1.82, 2.24) is 24.7 Å². The number of aryl methyl sites for hydroxylation is 1. The number of benzene rings is 1. The van der Waals surface area contributed by atoms with E-state index in [4.69, 9.17) is 14.6 Å². The minimum absolute atomic E-state index is 0.0861. The van der Waals surface area contributed by atoms with Crippen molar-refractivity contribution in [2.45, 2.75) is 76.3 Å². The molecule has 1 aliphatic carbocycles. The second-order valence-electron chi connectivity index (χ2n) is 11.1. The van der Waals surface area contributed by atoms with E-state index in [-0.39, 0.29) is 42.3 Å². The first kappa shape index (κ1) is 28.4. The molecule has 2 aromatic rings. The summed E-state index contributed by atoms with van der Waals surface area (Å²) in [6, 6.07) is 4.53. The summed E-state index contributed by atoms with van der Waals surface area (Å²) in [6.07, 6.45) is 4.07. The number of carbonyl (C=O) groups is 2. The molecule has 40 heavy (non-hydrogen) atoms. The lowest BCUT2D eigenvalue weighted by molar-refractivity contribution is -0.122. The van der Waals surface area contributed by atoms with Gasteiger partial charge in [-0.05, 0) is 56.6 Å². The van der Waals surface area contributed by atoms with Crippen LogP contribution in [0.4, 0.5) is 0 Å². The zero-order chi connectivity index (χ0) is 28.3. The summed E-state index contributed by atoms with van der Waals surface area (Å²) in [5.41, 5.74) is 2.40. The second-order valence-corrected chi connectivity index (χ2v) is 13.0. The van der Waals surface area contributed by atoms with Gasteiger partial charge in [-0.3, -0.25) is 14.3 Å². The Morgan fingerprint density at radius 2 is 1.85 bits per heavy atom. The van der Waals surface area contributed by atoms with Crippen LogP contribution in [-0.4, -0.2) is 73.2 Å². The number of carbonyl (C=O) groups excluding carboxylic acids is 2. The van der Waals surface area contributed by atoms with Crippen molar-refractivity contribution in [3.63, 3.8) is 0 Å². The Bertz CT molecular complexity index is 1360. The summed E-state index contributed by atoms with van der Waals surface area (Å²) in [5.74, 6) is 1.06. The van der Waals surface area contributed by atoms with E-state index < -0.39 is 10.0 Å². The molecule has 0 radical (unpaired) electrons. The fourth-order valence-corrected chi connectivity index (χ4v) is 7.03. The smallest absolute Gasteiger partial charge is 0.272 e. The number of rotatable bonds is 5. The van der Waals surface area contributed by atoms with Crippen LogP contribution in [0, 0.1) is 5.92 Å². The number of hydrogen-bond donors (Lipinski definition) is 2. The van der Waals surface area contributed by atoms with E-state index in [0.717, 1.165) is 37.1 Å². The quantitative estimate of drug-likeness (QED) is 0.561. The summed E-state index contributed by atoms with van der Waals surface area (Å²) in [5, 5.41) is 10.8. The monoisotopic (exact) mass is 573 g/mol. The van der Waals surface area contributed by atoms with Crippen molar-refractivity contribution in [2.24, 2.45) is 5.92 Å². The maximum absolute atomic E-state index is 13.6. The number of nitrogens with zero attached hydrogens (tertiary/aromatic N) is 3. The lowest BCUT2D eigenvalue weighted by atomic mass is 9.91. The first-order chi connectivity index (χ1) is 19.2. The van der Waals surface area contributed by atoms with E-state index in [2.05, 4.69) is 24.5 Å². The number of amides is 2. The highest BCUT2D eigenvalue weighted by atomic mass is 32.2. The number of ether oxygens (including phenoxy) is 2. The molecule has 0 saturated carbocycles. The zero-order valence-electron chi connectivity index (χ0n) is 23.3. The third-order valence-corrected chi connectivity index (χ3v) is 9.57. The van der Waals surface area contributed by atoms with Crippen LogP contribution in [0.1, 0.15) is 67.7 Å². The van der Waals surface area contributed by atoms with Gasteiger partial charge in [0.05, 0.1) is 4.90 Å². The average Bonchev–Trinajstić information content (AvgIpc) is 3.30. The number of aromatic nitrogens is 2. The van der Waals surface area contributed by atoms with Crippen LogP contribution in [0.25, 0.3) is 0 Å². The lowest BCUT2D eigenvalue weighted by Crippen LogP contribution is -2.40. The largest absolute Gasteiger partial charge is 0.486 e. The van der Waals surface area contributed by atoms with Crippen LogP contribution in [0.15, 0.2) is 23.1 Å². The van der Waals surface area contributed by atoms with Gasteiger partial charge in [0.2, 0.25) is 15.9 Å². The second kappa shape index (κ2) is 12.2. The SMILES string of the molecule is CC(C)CCn1nc2c3c1CCC(C3)NC(=O)CCCN(S(=O)(=O)c1ccc3c(c1)OCCO3)CCCNC2=O. The molecule has 1 atom stereocenters. The standard InChI is InChI=1S/C28H39N5O6S/c1-19(2)10-14-33-23-8-6-20-17-22(23)27(31-33)28(35)29-11-4-13-32(12-3-5-26(34)30-20)40(36,37)21-7-9-24-25(18-21)39-16-15-38-24/h7,9,18-20H,3-6,8,10-17H2,1-2H3,(H,29,35)(H,30,34). The molecule has 1 aromatic heterocycles. The molecule has 2 N–H and O–H groups in total. The van der Waals surface area contributed by atoms with Crippen LogP contribution in [0.5, 0.6) is 11.5 Å². The predicted molar refractivity (Wildman–Crippen MR) is 148 cm³/mol. The topological polar surface area (TPSA) is 132 Å². The van der Waals surface area contributed by atoms with Crippen LogP contribution >= 0.6 is 0 Å². The Labute approximate surface area is 235 Å². The van der Waals surface area contributed by atoms with Gasteiger partial charge in [-0.1, -0.05) is 13.8 Å². The zero-order valence-corrected chi connectivity index (χ0v) is 24.1. The minimum Gasteiger partial charge on any atom is -0.486 e. The molecule has 1 unspecified atom stereocenters. The van der Waals surface area contributed by atoms with Crippen LogP contribution in [0.2, 0.25) is 0 Å². The molecule has 0 saturated heterocycles. The molecule has 2 aliphatic heterocycles. The van der Waals surface area contributed by atoms with Crippen LogP contribution < -0.4 is 20.1 Å². The van der Waals surface area contributed by atoms with Crippen LogP contribution in [-0.2, 0) is 34.2 Å². The maximum Gasteiger partial charge on any atom is 0.272 e. The number of hydrogen-bond acceptors (Lipinski definition) is 7. The fraction of sp³-hybridized carbons (Fsp3) is 0.607. The van der Waals surface area contributed by atoms with Crippen molar-refractivity contribution in [1.29, 1.82) is 0 Å². The molecule has 3 aliphatic rings. The normalized spacial score (nSPS) is 20.8. The summed E-state index contributed by atoms with van der Waals surface area (Å²) < 4.78 is 41.7. The Morgan fingerprint density at radius 1 is 1.07 bits per heavy atom. The Hall–Kier alpha value is -3.12. The van der Waals surface area contributed by atoms with Gasteiger partial charge in [0.15, 0.2) is 17.2 Å². The predicted octanol–water partition coefficient (Wildman–Crippen LogP) is 2.28. The average molecular weight is 574 g/mol. The third-order valence-electron chi connectivity index (χ3n) is 7.68. The lowest BCUT2D eigenvalue weighted by Gasteiger charge is -2.25.